The summed E-state index contributed by atoms with van der Waals surface area (Å²) >= 11 is 0. The number of hydrogen-bond donors (Lipinski definition) is 1. The molecule has 5 heteroatoms. The summed E-state index contributed by atoms with van der Waals surface area (Å²) in [4.78, 5) is 12.3. The standard InChI is InChI=1S/C19H18N2O3/c1-13-8-9-17(23-2)16(10-13)20-19(22)12-15-11-18(24-21-15)14-6-4-3-5-7-14/h3-11H,12H2,1-2H3,(H,20,22). The van der Waals surface area contributed by atoms with E-state index in [9.17, 15) is 4.79 Å². The molecule has 3 rings (SSSR count). The van der Waals surface area contributed by atoms with E-state index in [0.717, 1.165) is 11.1 Å². The molecule has 2 aromatic carbocycles. The van der Waals surface area contributed by atoms with E-state index in [2.05, 4.69) is 10.5 Å². The molecule has 1 heterocycles. The molecule has 0 radical (unpaired) electrons. The fraction of sp³-hybridized carbons (Fsp3) is 0.158. The number of rotatable bonds is 5. The van der Waals surface area contributed by atoms with Crippen LogP contribution in [0, 0.1) is 6.92 Å². The van der Waals surface area contributed by atoms with Gasteiger partial charge in [0, 0.05) is 11.6 Å². The van der Waals surface area contributed by atoms with Crippen molar-refractivity contribution in [1.82, 2.24) is 5.16 Å². The topological polar surface area (TPSA) is 64.4 Å². The summed E-state index contributed by atoms with van der Waals surface area (Å²) < 4.78 is 10.6. The maximum absolute atomic E-state index is 12.3. The molecule has 0 bridgehead atoms. The predicted octanol–water partition coefficient (Wildman–Crippen LogP) is 3.84. The first-order valence-electron chi connectivity index (χ1n) is 7.61. The predicted molar refractivity (Wildman–Crippen MR) is 92.0 cm³/mol. The minimum absolute atomic E-state index is 0.132. The van der Waals surface area contributed by atoms with Crippen molar-refractivity contribution in [2.75, 3.05) is 12.4 Å². The maximum Gasteiger partial charge on any atom is 0.230 e. The normalized spacial score (nSPS) is 10.4. The summed E-state index contributed by atoms with van der Waals surface area (Å²) in [5.74, 6) is 1.09. The monoisotopic (exact) mass is 322 g/mol. The fourth-order valence-corrected chi connectivity index (χ4v) is 2.41. The number of aryl methyl sites for hydroxylation is 1. The first-order valence-corrected chi connectivity index (χ1v) is 7.61. The molecule has 1 aromatic heterocycles. The van der Waals surface area contributed by atoms with Crippen LogP contribution in [0.15, 0.2) is 59.1 Å². The number of methoxy groups -OCH3 is 1. The Morgan fingerprint density at radius 2 is 1.96 bits per heavy atom. The number of benzene rings is 2. The van der Waals surface area contributed by atoms with Gasteiger partial charge >= 0.3 is 0 Å². The van der Waals surface area contributed by atoms with Gasteiger partial charge in [-0.1, -0.05) is 41.6 Å². The number of aromatic nitrogens is 1. The second-order valence-electron chi connectivity index (χ2n) is 5.48. The fourth-order valence-electron chi connectivity index (χ4n) is 2.41. The Balaban J connectivity index is 1.70. The van der Waals surface area contributed by atoms with Gasteiger partial charge in [-0.2, -0.15) is 0 Å². The number of ether oxygens (including phenoxy) is 1. The Hall–Kier alpha value is -3.08. The van der Waals surface area contributed by atoms with Gasteiger partial charge in [0.05, 0.1) is 24.9 Å². The van der Waals surface area contributed by atoms with Gasteiger partial charge in [0.15, 0.2) is 5.76 Å². The van der Waals surface area contributed by atoms with Crippen LogP contribution in [0.3, 0.4) is 0 Å². The number of nitrogens with zero attached hydrogens (tertiary/aromatic N) is 1. The van der Waals surface area contributed by atoms with Crippen LogP contribution in [0.2, 0.25) is 0 Å². The molecule has 0 saturated carbocycles. The number of carbonyl (C=O) groups is 1. The van der Waals surface area contributed by atoms with Crippen LogP contribution in [-0.4, -0.2) is 18.2 Å². The lowest BCUT2D eigenvalue weighted by atomic mass is 10.1. The molecule has 3 aromatic rings. The van der Waals surface area contributed by atoms with Crippen molar-refractivity contribution >= 4 is 11.6 Å². The minimum atomic E-state index is -0.174. The van der Waals surface area contributed by atoms with Crippen LogP contribution < -0.4 is 10.1 Å². The van der Waals surface area contributed by atoms with Gasteiger partial charge in [0.2, 0.25) is 5.91 Å². The molecule has 0 aliphatic heterocycles. The van der Waals surface area contributed by atoms with Crippen LogP contribution in [-0.2, 0) is 11.2 Å². The molecule has 1 N–H and O–H groups in total. The van der Waals surface area contributed by atoms with Gasteiger partial charge in [-0.25, -0.2) is 0 Å². The highest BCUT2D eigenvalue weighted by Crippen LogP contribution is 2.25. The molecule has 122 valence electrons. The number of nitrogens with one attached hydrogen (secondary N) is 1. The third-order valence-corrected chi connectivity index (χ3v) is 3.59. The zero-order chi connectivity index (χ0) is 16.9. The molecule has 0 saturated heterocycles. The van der Waals surface area contributed by atoms with Crippen LogP contribution in [0.4, 0.5) is 5.69 Å². The largest absolute Gasteiger partial charge is 0.495 e. The molecule has 0 spiro atoms. The van der Waals surface area contributed by atoms with Crippen molar-refractivity contribution in [2.45, 2.75) is 13.3 Å². The first-order chi connectivity index (χ1) is 11.7. The number of hydrogen-bond acceptors (Lipinski definition) is 4. The van der Waals surface area contributed by atoms with Crippen LogP contribution in [0.25, 0.3) is 11.3 Å². The van der Waals surface area contributed by atoms with Crippen molar-refractivity contribution in [3.63, 3.8) is 0 Å². The summed E-state index contributed by atoms with van der Waals surface area (Å²) in [5.41, 5.74) is 3.20. The summed E-state index contributed by atoms with van der Waals surface area (Å²) in [6, 6.07) is 17.1. The van der Waals surface area contributed by atoms with Gasteiger partial charge in [-0.15, -0.1) is 0 Å². The highest BCUT2D eigenvalue weighted by atomic mass is 16.5. The summed E-state index contributed by atoms with van der Waals surface area (Å²) in [6.07, 6.45) is 0.132. The Labute approximate surface area is 140 Å². The second-order valence-corrected chi connectivity index (χ2v) is 5.48. The molecule has 0 aliphatic carbocycles. The van der Waals surface area contributed by atoms with Crippen molar-refractivity contribution in [2.24, 2.45) is 0 Å². The van der Waals surface area contributed by atoms with E-state index >= 15 is 0 Å². The van der Waals surface area contributed by atoms with Crippen LogP contribution >= 0.6 is 0 Å². The summed E-state index contributed by atoms with van der Waals surface area (Å²) in [7, 11) is 1.57. The van der Waals surface area contributed by atoms with E-state index in [1.807, 2.05) is 55.5 Å². The smallest absolute Gasteiger partial charge is 0.230 e. The van der Waals surface area contributed by atoms with Gasteiger partial charge in [-0.05, 0) is 24.6 Å². The minimum Gasteiger partial charge on any atom is -0.495 e. The number of carbonyl (C=O) groups excluding carboxylic acids is 1. The van der Waals surface area contributed by atoms with E-state index in [0.29, 0.717) is 22.9 Å². The van der Waals surface area contributed by atoms with Crippen molar-refractivity contribution in [3.8, 4) is 17.1 Å². The van der Waals surface area contributed by atoms with E-state index in [-0.39, 0.29) is 12.3 Å². The summed E-state index contributed by atoms with van der Waals surface area (Å²) in [5, 5.41) is 6.82. The van der Waals surface area contributed by atoms with Crippen LogP contribution in [0.1, 0.15) is 11.3 Å². The average molecular weight is 322 g/mol. The second kappa shape index (κ2) is 7.00. The van der Waals surface area contributed by atoms with Gasteiger partial charge in [0.1, 0.15) is 5.75 Å². The van der Waals surface area contributed by atoms with Gasteiger partial charge in [-0.3, -0.25) is 4.79 Å². The van der Waals surface area contributed by atoms with Crippen molar-refractivity contribution < 1.29 is 14.1 Å². The van der Waals surface area contributed by atoms with E-state index in [4.69, 9.17) is 9.26 Å². The Morgan fingerprint density at radius 3 is 2.71 bits per heavy atom. The van der Waals surface area contributed by atoms with Gasteiger partial charge in [0.25, 0.3) is 0 Å². The SMILES string of the molecule is COc1ccc(C)cc1NC(=O)Cc1cc(-c2ccccc2)on1. The molecular weight excluding hydrogens is 304 g/mol. The molecule has 0 atom stereocenters. The highest BCUT2D eigenvalue weighted by molar-refractivity contribution is 5.93. The lowest BCUT2D eigenvalue weighted by Crippen LogP contribution is -2.15. The van der Waals surface area contributed by atoms with E-state index < -0.39 is 0 Å². The lowest BCUT2D eigenvalue weighted by Gasteiger charge is -2.10. The molecule has 5 nitrogen and oxygen atoms in total. The molecule has 0 aliphatic rings. The molecule has 24 heavy (non-hydrogen) atoms. The number of anilines is 1. The average Bonchev–Trinajstić information content (AvgIpc) is 3.04. The van der Waals surface area contributed by atoms with E-state index in [1.165, 1.54) is 0 Å². The lowest BCUT2D eigenvalue weighted by molar-refractivity contribution is -0.115. The first kappa shape index (κ1) is 15.8. The van der Waals surface area contributed by atoms with E-state index in [1.54, 1.807) is 13.2 Å². The third kappa shape index (κ3) is 3.63. The molecule has 0 fully saturated rings. The Morgan fingerprint density at radius 1 is 1.17 bits per heavy atom. The van der Waals surface area contributed by atoms with Crippen molar-refractivity contribution in [3.05, 3.63) is 65.9 Å². The third-order valence-electron chi connectivity index (χ3n) is 3.59. The van der Waals surface area contributed by atoms with Crippen molar-refractivity contribution in [1.29, 1.82) is 0 Å². The molecule has 1 amide bonds. The summed E-state index contributed by atoms with van der Waals surface area (Å²) in [6.45, 7) is 1.96. The highest BCUT2D eigenvalue weighted by Gasteiger charge is 2.12. The molecule has 0 unspecified atom stereocenters. The quantitative estimate of drug-likeness (QED) is 0.775. The number of amides is 1. The van der Waals surface area contributed by atoms with Crippen LogP contribution in [0.5, 0.6) is 5.75 Å². The maximum atomic E-state index is 12.3. The zero-order valence-electron chi connectivity index (χ0n) is 13.6. The zero-order valence-corrected chi connectivity index (χ0v) is 13.6. The van der Waals surface area contributed by atoms with Gasteiger partial charge < -0.3 is 14.6 Å². The Kier molecular flexibility index (Phi) is 4.61. The molecular formula is C19H18N2O3. The Bertz CT molecular complexity index is 841.